The van der Waals surface area contributed by atoms with Gasteiger partial charge in [-0.05, 0) is 30.7 Å². The summed E-state index contributed by atoms with van der Waals surface area (Å²) in [7, 11) is -3.12. The van der Waals surface area contributed by atoms with E-state index in [2.05, 4.69) is 0 Å². The lowest BCUT2D eigenvalue weighted by Crippen LogP contribution is -2.40. The number of carboxylic acid groups (broad SMARTS) is 1. The molecule has 0 radical (unpaired) electrons. The molecule has 1 aliphatic heterocycles. The first-order chi connectivity index (χ1) is 8.39. The van der Waals surface area contributed by atoms with Gasteiger partial charge in [-0.2, -0.15) is 0 Å². The van der Waals surface area contributed by atoms with Crippen LogP contribution in [0, 0.1) is 0 Å². The summed E-state index contributed by atoms with van der Waals surface area (Å²) in [5.41, 5.74) is 0.439. The van der Waals surface area contributed by atoms with Crippen molar-refractivity contribution >= 4 is 33.2 Å². The number of anilines is 1. The van der Waals surface area contributed by atoms with E-state index in [1.54, 1.807) is 24.3 Å². The van der Waals surface area contributed by atoms with Crippen molar-refractivity contribution < 1.29 is 18.3 Å². The van der Waals surface area contributed by atoms with Gasteiger partial charge >= 0.3 is 6.09 Å². The number of halogens is 1. The van der Waals surface area contributed by atoms with Gasteiger partial charge in [-0.25, -0.2) is 13.2 Å². The molecular formula is C11H12ClNO4S. The lowest BCUT2D eigenvalue weighted by molar-refractivity contribution is 0.199. The van der Waals surface area contributed by atoms with Crippen LogP contribution in [0.1, 0.15) is 6.42 Å². The minimum absolute atomic E-state index is 0.0367. The molecule has 18 heavy (non-hydrogen) atoms. The molecule has 1 unspecified atom stereocenters. The third-order valence-electron chi connectivity index (χ3n) is 2.88. The molecule has 1 heterocycles. The van der Waals surface area contributed by atoms with Crippen LogP contribution in [-0.2, 0) is 9.84 Å². The molecule has 0 bridgehead atoms. The molecule has 1 amide bonds. The molecule has 1 saturated heterocycles. The number of carbonyl (C=O) groups is 1. The summed E-state index contributed by atoms with van der Waals surface area (Å²) in [6.07, 6.45) is -0.823. The van der Waals surface area contributed by atoms with Crippen LogP contribution in [0.2, 0.25) is 5.02 Å². The topological polar surface area (TPSA) is 74.7 Å². The van der Waals surface area contributed by atoms with E-state index < -0.39 is 22.0 Å². The van der Waals surface area contributed by atoms with Gasteiger partial charge in [0.25, 0.3) is 0 Å². The Hall–Kier alpha value is -1.27. The summed E-state index contributed by atoms with van der Waals surface area (Å²) in [5, 5.41) is 9.73. The summed E-state index contributed by atoms with van der Waals surface area (Å²) < 4.78 is 22.8. The largest absolute Gasteiger partial charge is 0.465 e. The number of benzene rings is 1. The first-order valence-electron chi connectivity index (χ1n) is 5.37. The lowest BCUT2D eigenvalue weighted by atomic mass is 10.2. The van der Waals surface area contributed by atoms with Gasteiger partial charge in [0.1, 0.15) is 0 Å². The monoisotopic (exact) mass is 289 g/mol. The van der Waals surface area contributed by atoms with Gasteiger partial charge in [0.2, 0.25) is 0 Å². The first kappa shape index (κ1) is 13.2. The molecule has 1 N–H and O–H groups in total. The van der Waals surface area contributed by atoms with E-state index in [4.69, 9.17) is 11.6 Å². The second kappa shape index (κ2) is 4.78. The fraction of sp³-hybridized carbons (Fsp3) is 0.364. The van der Waals surface area contributed by atoms with E-state index in [-0.39, 0.29) is 11.5 Å². The number of sulfone groups is 1. The highest BCUT2D eigenvalue weighted by molar-refractivity contribution is 7.91. The van der Waals surface area contributed by atoms with Crippen molar-refractivity contribution in [2.24, 2.45) is 0 Å². The van der Waals surface area contributed by atoms with Crippen LogP contribution in [0.25, 0.3) is 0 Å². The van der Waals surface area contributed by atoms with Gasteiger partial charge in [0.05, 0.1) is 17.5 Å². The lowest BCUT2D eigenvalue weighted by Gasteiger charge is -2.25. The van der Waals surface area contributed by atoms with Gasteiger partial charge in [-0.1, -0.05) is 11.6 Å². The fourth-order valence-electron chi connectivity index (χ4n) is 2.06. The predicted octanol–water partition coefficient (Wildman–Crippen LogP) is 2.01. The van der Waals surface area contributed by atoms with E-state index >= 15 is 0 Å². The summed E-state index contributed by atoms with van der Waals surface area (Å²) in [6, 6.07) is 5.78. The van der Waals surface area contributed by atoms with Crippen molar-refractivity contribution in [2.45, 2.75) is 12.5 Å². The number of hydrogen-bond donors (Lipinski definition) is 1. The highest BCUT2D eigenvalue weighted by Crippen LogP contribution is 2.25. The Morgan fingerprint density at radius 2 is 1.94 bits per heavy atom. The molecule has 1 aromatic rings. The molecule has 2 rings (SSSR count). The summed E-state index contributed by atoms with van der Waals surface area (Å²) in [6.45, 7) is 0. The van der Waals surface area contributed by atoms with Gasteiger partial charge in [-0.15, -0.1) is 0 Å². The van der Waals surface area contributed by atoms with Crippen molar-refractivity contribution in [1.29, 1.82) is 0 Å². The molecule has 0 spiro atoms. The Morgan fingerprint density at radius 1 is 1.33 bits per heavy atom. The maximum absolute atomic E-state index is 11.4. The second-order valence-electron chi connectivity index (χ2n) is 4.19. The van der Waals surface area contributed by atoms with Gasteiger partial charge in [0.15, 0.2) is 9.84 Å². The summed E-state index contributed by atoms with van der Waals surface area (Å²) in [4.78, 5) is 12.4. The average molecular weight is 290 g/mol. The Balaban J connectivity index is 2.30. The number of nitrogens with zero attached hydrogens (tertiary/aromatic N) is 1. The standard InChI is InChI=1S/C11H12ClNO4S/c12-8-1-3-9(4-2-8)13(11(14)15)10-5-6-18(16,17)7-10/h1-4,10H,5-7H2,(H,14,15). The SMILES string of the molecule is O=C(O)N(c1ccc(Cl)cc1)C1CCS(=O)(=O)C1. The van der Waals surface area contributed by atoms with Crippen LogP contribution < -0.4 is 4.90 Å². The molecular weight excluding hydrogens is 278 g/mol. The predicted molar refractivity (Wildman–Crippen MR) is 69.0 cm³/mol. The van der Waals surface area contributed by atoms with Gasteiger partial charge < -0.3 is 5.11 Å². The second-order valence-corrected chi connectivity index (χ2v) is 6.85. The van der Waals surface area contributed by atoms with Gasteiger partial charge in [-0.3, -0.25) is 4.90 Å². The van der Waals surface area contributed by atoms with E-state index in [0.717, 1.165) is 4.90 Å². The van der Waals surface area contributed by atoms with Crippen LogP contribution in [0.15, 0.2) is 24.3 Å². The molecule has 0 aliphatic carbocycles. The minimum Gasteiger partial charge on any atom is -0.465 e. The molecule has 0 aromatic heterocycles. The normalized spacial score (nSPS) is 21.7. The third kappa shape index (κ3) is 2.76. The van der Waals surface area contributed by atoms with Crippen molar-refractivity contribution in [3.05, 3.63) is 29.3 Å². The van der Waals surface area contributed by atoms with Crippen LogP contribution in [0.5, 0.6) is 0 Å². The zero-order chi connectivity index (χ0) is 13.3. The Morgan fingerprint density at radius 3 is 2.39 bits per heavy atom. The van der Waals surface area contributed by atoms with Crippen molar-refractivity contribution in [3.8, 4) is 0 Å². The summed E-state index contributed by atoms with van der Waals surface area (Å²) >= 11 is 5.74. The Labute approximate surface area is 110 Å². The van der Waals surface area contributed by atoms with Crippen molar-refractivity contribution in [3.63, 3.8) is 0 Å². The molecule has 5 nitrogen and oxygen atoms in total. The maximum atomic E-state index is 11.4. The molecule has 1 aliphatic rings. The van der Waals surface area contributed by atoms with Crippen molar-refractivity contribution in [2.75, 3.05) is 16.4 Å². The van der Waals surface area contributed by atoms with Crippen LogP contribution in [0.3, 0.4) is 0 Å². The molecule has 1 atom stereocenters. The summed E-state index contributed by atoms with van der Waals surface area (Å²) in [5.74, 6) is -0.0863. The molecule has 7 heteroatoms. The molecule has 98 valence electrons. The quantitative estimate of drug-likeness (QED) is 0.904. The molecule has 1 fully saturated rings. The zero-order valence-electron chi connectivity index (χ0n) is 9.41. The van der Waals surface area contributed by atoms with Crippen molar-refractivity contribution in [1.82, 2.24) is 0 Å². The number of rotatable bonds is 2. The molecule has 0 saturated carbocycles. The highest BCUT2D eigenvalue weighted by atomic mass is 35.5. The minimum atomic E-state index is -3.12. The van der Waals surface area contributed by atoms with Crippen LogP contribution >= 0.6 is 11.6 Å². The first-order valence-corrected chi connectivity index (χ1v) is 7.57. The smallest absolute Gasteiger partial charge is 0.412 e. The van der Waals surface area contributed by atoms with E-state index in [1.807, 2.05) is 0 Å². The maximum Gasteiger partial charge on any atom is 0.412 e. The third-order valence-corrected chi connectivity index (χ3v) is 4.89. The van der Waals surface area contributed by atoms with E-state index in [1.165, 1.54) is 0 Å². The Bertz CT molecular complexity index is 555. The average Bonchev–Trinajstić information content (AvgIpc) is 2.61. The zero-order valence-corrected chi connectivity index (χ0v) is 11.0. The highest BCUT2D eigenvalue weighted by Gasteiger charge is 2.35. The Kier molecular flexibility index (Phi) is 3.49. The van der Waals surface area contributed by atoms with Gasteiger partial charge in [0, 0.05) is 10.7 Å². The number of amides is 1. The fourth-order valence-corrected chi connectivity index (χ4v) is 3.88. The number of hydrogen-bond acceptors (Lipinski definition) is 3. The van der Waals surface area contributed by atoms with Crippen LogP contribution in [0.4, 0.5) is 10.5 Å². The van der Waals surface area contributed by atoms with Crippen LogP contribution in [-0.4, -0.2) is 37.2 Å². The molecule has 1 aromatic carbocycles. The van der Waals surface area contributed by atoms with E-state index in [0.29, 0.717) is 17.1 Å². The van der Waals surface area contributed by atoms with E-state index in [9.17, 15) is 18.3 Å².